The molecule has 0 N–H and O–H groups in total. The Labute approximate surface area is 136 Å². The van der Waals surface area contributed by atoms with Crippen LogP contribution in [0.25, 0.3) is 11.3 Å². The van der Waals surface area contributed by atoms with E-state index in [1.165, 1.54) is 5.56 Å². The SMILES string of the molecule is CN(C)CCN1CCN(c2nccnc2-c2ccsc2)CC1. The predicted molar refractivity (Wildman–Crippen MR) is 92.6 cm³/mol. The molecule has 0 aromatic carbocycles. The van der Waals surface area contributed by atoms with Crippen LogP contribution in [0, 0.1) is 0 Å². The topological polar surface area (TPSA) is 35.5 Å². The second-order valence-electron chi connectivity index (χ2n) is 5.87. The predicted octanol–water partition coefficient (Wildman–Crippen LogP) is 1.89. The molecule has 1 aliphatic rings. The van der Waals surface area contributed by atoms with Gasteiger partial charge >= 0.3 is 0 Å². The number of anilines is 1. The van der Waals surface area contributed by atoms with E-state index >= 15 is 0 Å². The minimum atomic E-state index is 1.01. The zero-order valence-electron chi connectivity index (χ0n) is 13.3. The maximum Gasteiger partial charge on any atom is 0.155 e. The molecule has 0 spiro atoms. The van der Waals surface area contributed by atoms with Gasteiger partial charge in [-0.15, -0.1) is 0 Å². The summed E-state index contributed by atoms with van der Waals surface area (Å²) >= 11 is 1.70. The van der Waals surface area contributed by atoms with Gasteiger partial charge in [0.05, 0.1) is 0 Å². The standard InChI is InChI=1S/C16H23N5S/c1-19(2)6-7-20-8-10-21(11-9-20)16-15(17-4-5-18-16)14-3-12-22-13-14/h3-5,12-13H,6-11H2,1-2H3. The summed E-state index contributed by atoms with van der Waals surface area (Å²) in [5.74, 6) is 1.02. The van der Waals surface area contributed by atoms with Crippen LogP contribution in [0.3, 0.4) is 0 Å². The van der Waals surface area contributed by atoms with E-state index in [4.69, 9.17) is 0 Å². The molecule has 2 aromatic heterocycles. The monoisotopic (exact) mass is 317 g/mol. The lowest BCUT2D eigenvalue weighted by molar-refractivity contribution is 0.229. The molecular formula is C16H23N5S. The highest BCUT2D eigenvalue weighted by Crippen LogP contribution is 2.28. The van der Waals surface area contributed by atoms with Crippen LogP contribution in [0.1, 0.15) is 0 Å². The third kappa shape index (κ3) is 3.63. The van der Waals surface area contributed by atoms with Crippen molar-refractivity contribution in [2.45, 2.75) is 0 Å². The van der Waals surface area contributed by atoms with Crippen LogP contribution >= 0.6 is 11.3 Å². The summed E-state index contributed by atoms with van der Waals surface area (Å²) in [6.45, 7) is 6.47. The first-order valence-corrected chi connectivity index (χ1v) is 8.64. The van der Waals surface area contributed by atoms with Crippen LogP contribution in [0.4, 0.5) is 5.82 Å². The van der Waals surface area contributed by atoms with Crippen molar-refractivity contribution in [2.24, 2.45) is 0 Å². The molecular weight excluding hydrogens is 294 g/mol. The Balaban J connectivity index is 1.67. The third-order valence-electron chi connectivity index (χ3n) is 4.01. The lowest BCUT2D eigenvalue weighted by atomic mass is 10.2. The van der Waals surface area contributed by atoms with Gasteiger partial charge in [0.2, 0.25) is 0 Å². The fraction of sp³-hybridized carbons (Fsp3) is 0.500. The van der Waals surface area contributed by atoms with Gasteiger partial charge in [0.25, 0.3) is 0 Å². The lowest BCUT2D eigenvalue weighted by Crippen LogP contribution is -2.48. The maximum atomic E-state index is 4.60. The first kappa shape index (κ1) is 15.4. The second kappa shape index (κ2) is 7.17. The fourth-order valence-corrected chi connectivity index (χ4v) is 3.33. The van der Waals surface area contributed by atoms with Crippen molar-refractivity contribution in [1.29, 1.82) is 0 Å². The molecule has 0 atom stereocenters. The number of hydrogen-bond acceptors (Lipinski definition) is 6. The van der Waals surface area contributed by atoms with E-state index in [9.17, 15) is 0 Å². The van der Waals surface area contributed by atoms with Gasteiger partial charge in [0, 0.05) is 62.6 Å². The number of aromatic nitrogens is 2. The summed E-state index contributed by atoms with van der Waals surface area (Å²) in [5, 5.41) is 4.23. The minimum absolute atomic E-state index is 1.01. The molecule has 3 rings (SSSR count). The Kier molecular flexibility index (Phi) is 5.02. The van der Waals surface area contributed by atoms with Crippen LogP contribution < -0.4 is 4.90 Å². The zero-order valence-corrected chi connectivity index (χ0v) is 14.1. The summed E-state index contributed by atoms with van der Waals surface area (Å²) in [7, 11) is 4.26. The average molecular weight is 317 g/mol. The van der Waals surface area contributed by atoms with Crippen LogP contribution in [-0.4, -0.2) is 73.1 Å². The lowest BCUT2D eigenvalue weighted by Gasteiger charge is -2.36. The highest BCUT2D eigenvalue weighted by atomic mass is 32.1. The third-order valence-corrected chi connectivity index (χ3v) is 4.69. The first-order valence-electron chi connectivity index (χ1n) is 7.69. The Morgan fingerprint density at radius 1 is 1.14 bits per heavy atom. The highest BCUT2D eigenvalue weighted by Gasteiger charge is 2.21. The number of piperazine rings is 1. The molecule has 0 radical (unpaired) electrons. The van der Waals surface area contributed by atoms with E-state index in [-0.39, 0.29) is 0 Å². The summed E-state index contributed by atoms with van der Waals surface area (Å²) in [6.07, 6.45) is 3.58. The van der Waals surface area contributed by atoms with E-state index in [0.717, 1.165) is 50.8 Å². The molecule has 2 aromatic rings. The van der Waals surface area contributed by atoms with E-state index in [1.54, 1.807) is 23.7 Å². The number of likely N-dealkylation sites (N-methyl/N-ethyl adjacent to an activating group) is 1. The van der Waals surface area contributed by atoms with Gasteiger partial charge in [-0.3, -0.25) is 9.88 Å². The van der Waals surface area contributed by atoms with Crippen LogP contribution in [-0.2, 0) is 0 Å². The van der Waals surface area contributed by atoms with Gasteiger partial charge in [-0.05, 0) is 25.5 Å². The molecule has 1 saturated heterocycles. The quantitative estimate of drug-likeness (QED) is 0.841. The fourth-order valence-electron chi connectivity index (χ4n) is 2.69. The van der Waals surface area contributed by atoms with E-state index < -0.39 is 0 Å². The van der Waals surface area contributed by atoms with E-state index in [1.807, 2.05) is 0 Å². The van der Waals surface area contributed by atoms with Gasteiger partial charge in [0.1, 0.15) is 5.69 Å². The molecule has 1 fully saturated rings. The van der Waals surface area contributed by atoms with Crippen molar-refractivity contribution in [2.75, 3.05) is 58.3 Å². The summed E-state index contributed by atoms with van der Waals surface area (Å²) in [5.41, 5.74) is 2.17. The molecule has 1 aliphatic heterocycles. The van der Waals surface area contributed by atoms with E-state index in [0.29, 0.717) is 0 Å². The molecule has 3 heterocycles. The molecule has 118 valence electrons. The molecule has 0 bridgehead atoms. The van der Waals surface area contributed by atoms with Gasteiger partial charge in [-0.2, -0.15) is 11.3 Å². The molecule has 6 heteroatoms. The van der Waals surface area contributed by atoms with Crippen molar-refractivity contribution in [3.05, 3.63) is 29.2 Å². The number of nitrogens with zero attached hydrogens (tertiary/aromatic N) is 5. The minimum Gasteiger partial charge on any atom is -0.352 e. The first-order chi connectivity index (χ1) is 10.7. The Morgan fingerprint density at radius 3 is 2.59 bits per heavy atom. The van der Waals surface area contributed by atoms with Crippen LogP contribution in [0.2, 0.25) is 0 Å². The average Bonchev–Trinajstić information content (AvgIpc) is 3.08. The van der Waals surface area contributed by atoms with Crippen LogP contribution in [0.5, 0.6) is 0 Å². The Bertz CT molecular complexity index is 576. The van der Waals surface area contributed by atoms with Crippen molar-refractivity contribution in [3.8, 4) is 11.3 Å². The molecule has 0 amide bonds. The van der Waals surface area contributed by atoms with Crippen molar-refractivity contribution < 1.29 is 0 Å². The van der Waals surface area contributed by atoms with Gasteiger partial charge < -0.3 is 9.80 Å². The van der Waals surface area contributed by atoms with Gasteiger partial charge in [0.15, 0.2) is 5.82 Å². The molecule has 0 saturated carbocycles. The van der Waals surface area contributed by atoms with Crippen molar-refractivity contribution in [3.63, 3.8) is 0 Å². The second-order valence-corrected chi connectivity index (χ2v) is 6.65. The van der Waals surface area contributed by atoms with Crippen molar-refractivity contribution in [1.82, 2.24) is 19.8 Å². The molecule has 5 nitrogen and oxygen atoms in total. The molecule has 22 heavy (non-hydrogen) atoms. The van der Waals surface area contributed by atoms with Gasteiger partial charge in [-0.25, -0.2) is 4.98 Å². The van der Waals surface area contributed by atoms with Crippen molar-refractivity contribution >= 4 is 17.2 Å². The molecule has 0 unspecified atom stereocenters. The number of hydrogen-bond donors (Lipinski definition) is 0. The van der Waals surface area contributed by atoms with Crippen LogP contribution in [0.15, 0.2) is 29.2 Å². The smallest absolute Gasteiger partial charge is 0.155 e. The number of rotatable bonds is 5. The summed E-state index contributed by atoms with van der Waals surface area (Å²) in [4.78, 5) is 16.3. The highest BCUT2D eigenvalue weighted by molar-refractivity contribution is 7.08. The summed E-state index contributed by atoms with van der Waals surface area (Å²) < 4.78 is 0. The number of thiophene rings is 1. The Morgan fingerprint density at radius 2 is 1.91 bits per heavy atom. The summed E-state index contributed by atoms with van der Waals surface area (Å²) in [6, 6.07) is 2.12. The molecule has 0 aliphatic carbocycles. The zero-order chi connectivity index (χ0) is 15.4. The normalized spacial score (nSPS) is 16.4. The maximum absolute atomic E-state index is 4.60. The van der Waals surface area contributed by atoms with E-state index in [2.05, 4.69) is 55.6 Å². The van der Waals surface area contributed by atoms with Gasteiger partial charge in [-0.1, -0.05) is 0 Å². The Hall–Kier alpha value is -1.50. The largest absolute Gasteiger partial charge is 0.352 e.